The molecule has 2 nitrogen and oxygen atoms in total. The Morgan fingerprint density at radius 1 is 1.13 bits per heavy atom. The maximum absolute atomic E-state index is 11.6. The van der Waals surface area contributed by atoms with E-state index in [1.54, 1.807) is 24.3 Å². The Labute approximate surface area is 93.2 Å². The second-order valence-corrected chi connectivity index (χ2v) is 4.04. The normalized spacial score (nSPS) is 17.0. The molecule has 15 heavy (non-hydrogen) atoms. The van der Waals surface area contributed by atoms with Crippen molar-refractivity contribution in [1.29, 1.82) is 0 Å². The molecule has 0 aliphatic heterocycles. The van der Waals surface area contributed by atoms with E-state index in [1.165, 1.54) is 0 Å². The monoisotopic (exact) mass is 222 g/mol. The SMILES string of the molecule is O=C1CCCC(O)=C1c1ccc(Cl)cc1. The van der Waals surface area contributed by atoms with Crippen LogP contribution in [-0.4, -0.2) is 10.9 Å². The summed E-state index contributed by atoms with van der Waals surface area (Å²) >= 11 is 5.76. The third-order valence-electron chi connectivity index (χ3n) is 2.52. The lowest BCUT2D eigenvalue weighted by Gasteiger charge is -2.15. The van der Waals surface area contributed by atoms with Gasteiger partial charge in [0.25, 0.3) is 0 Å². The average Bonchev–Trinajstić information content (AvgIpc) is 2.20. The number of Topliss-reactive ketones (excluding diaryl/α,β-unsaturated/α-hetero) is 1. The molecule has 0 radical (unpaired) electrons. The van der Waals surface area contributed by atoms with E-state index in [1.807, 2.05) is 0 Å². The summed E-state index contributed by atoms with van der Waals surface area (Å²) in [4.78, 5) is 11.6. The third kappa shape index (κ3) is 2.05. The molecule has 1 N–H and O–H groups in total. The van der Waals surface area contributed by atoms with Crippen LogP contribution in [0.25, 0.3) is 5.57 Å². The highest BCUT2D eigenvalue weighted by Crippen LogP contribution is 2.28. The Morgan fingerprint density at radius 2 is 1.80 bits per heavy atom. The second-order valence-electron chi connectivity index (χ2n) is 3.61. The second kappa shape index (κ2) is 4.07. The largest absolute Gasteiger partial charge is 0.512 e. The zero-order valence-electron chi connectivity index (χ0n) is 8.16. The fourth-order valence-electron chi connectivity index (χ4n) is 1.77. The van der Waals surface area contributed by atoms with Gasteiger partial charge in [0, 0.05) is 17.9 Å². The maximum Gasteiger partial charge on any atom is 0.166 e. The molecule has 1 aliphatic rings. The third-order valence-corrected chi connectivity index (χ3v) is 2.77. The minimum atomic E-state index is 0.0149. The molecule has 1 aromatic rings. The molecule has 0 unspecified atom stereocenters. The van der Waals surface area contributed by atoms with Crippen molar-refractivity contribution in [1.82, 2.24) is 0 Å². The van der Waals surface area contributed by atoms with E-state index in [0.29, 0.717) is 23.4 Å². The van der Waals surface area contributed by atoms with Gasteiger partial charge in [-0.3, -0.25) is 4.79 Å². The van der Waals surface area contributed by atoms with E-state index in [-0.39, 0.29) is 11.5 Å². The van der Waals surface area contributed by atoms with Crippen LogP contribution >= 0.6 is 11.6 Å². The number of aliphatic hydroxyl groups excluding tert-OH is 1. The van der Waals surface area contributed by atoms with E-state index >= 15 is 0 Å². The zero-order valence-corrected chi connectivity index (χ0v) is 8.92. The summed E-state index contributed by atoms with van der Waals surface area (Å²) in [6.07, 6.45) is 1.84. The van der Waals surface area contributed by atoms with Crippen LogP contribution in [0.5, 0.6) is 0 Å². The van der Waals surface area contributed by atoms with E-state index in [4.69, 9.17) is 11.6 Å². The van der Waals surface area contributed by atoms with Crippen LogP contribution in [0.4, 0.5) is 0 Å². The number of hydrogen-bond acceptors (Lipinski definition) is 2. The van der Waals surface area contributed by atoms with Gasteiger partial charge in [0.05, 0.1) is 5.57 Å². The topological polar surface area (TPSA) is 37.3 Å². The molecular formula is C12H11ClO2. The Morgan fingerprint density at radius 3 is 2.40 bits per heavy atom. The standard InChI is InChI=1S/C12H11ClO2/c13-9-6-4-8(5-7-9)12-10(14)2-1-3-11(12)15/h4-7,14H,1-3H2. The van der Waals surface area contributed by atoms with E-state index in [2.05, 4.69) is 0 Å². The molecule has 0 aromatic heterocycles. The van der Waals surface area contributed by atoms with Crippen LogP contribution in [0.3, 0.4) is 0 Å². The van der Waals surface area contributed by atoms with Gasteiger partial charge in [-0.05, 0) is 24.1 Å². The Bertz CT molecular complexity index is 418. The number of benzene rings is 1. The first-order chi connectivity index (χ1) is 7.18. The maximum atomic E-state index is 11.6. The molecule has 0 saturated heterocycles. The van der Waals surface area contributed by atoms with E-state index in [9.17, 15) is 9.90 Å². The molecule has 0 fully saturated rings. The minimum absolute atomic E-state index is 0.0149. The highest BCUT2D eigenvalue weighted by Gasteiger charge is 2.21. The number of carbonyl (C=O) groups is 1. The molecule has 1 aromatic carbocycles. The predicted octanol–water partition coefficient (Wildman–Crippen LogP) is 3.36. The van der Waals surface area contributed by atoms with Gasteiger partial charge in [0.1, 0.15) is 5.76 Å². The summed E-state index contributed by atoms with van der Waals surface area (Å²) in [5.41, 5.74) is 1.21. The molecule has 2 rings (SSSR count). The van der Waals surface area contributed by atoms with Gasteiger partial charge in [-0.2, -0.15) is 0 Å². The lowest BCUT2D eigenvalue weighted by atomic mass is 9.91. The first-order valence-corrected chi connectivity index (χ1v) is 5.27. The lowest BCUT2D eigenvalue weighted by molar-refractivity contribution is -0.114. The Kier molecular flexibility index (Phi) is 2.78. The highest BCUT2D eigenvalue weighted by molar-refractivity contribution is 6.30. The number of hydrogen-bond donors (Lipinski definition) is 1. The van der Waals surface area contributed by atoms with E-state index in [0.717, 1.165) is 12.0 Å². The summed E-state index contributed by atoms with van der Waals surface area (Å²) < 4.78 is 0. The van der Waals surface area contributed by atoms with Crippen molar-refractivity contribution in [3.8, 4) is 0 Å². The van der Waals surface area contributed by atoms with Crippen molar-refractivity contribution >= 4 is 23.0 Å². The zero-order chi connectivity index (χ0) is 10.8. The van der Waals surface area contributed by atoms with Crippen molar-refractivity contribution in [2.45, 2.75) is 19.3 Å². The van der Waals surface area contributed by atoms with Crippen molar-refractivity contribution < 1.29 is 9.90 Å². The summed E-state index contributed by atoms with van der Waals surface area (Å²) in [7, 11) is 0. The Hall–Kier alpha value is -1.28. The van der Waals surface area contributed by atoms with Crippen LogP contribution in [-0.2, 0) is 4.79 Å². The molecule has 3 heteroatoms. The highest BCUT2D eigenvalue weighted by atomic mass is 35.5. The number of aliphatic hydroxyl groups is 1. The lowest BCUT2D eigenvalue weighted by Crippen LogP contribution is -2.10. The van der Waals surface area contributed by atoms with Gasteiger partial charge in [0.2, 0.25) is 0 Å². The number of halogens is 1. The van der Waals surface area contributed by atoms with Crippen LogP contribution in [0, 0.1) is 0 Å². The van der Waals surface area contributed by atoms with Crippen LogP contribution in [0.15, 0.2) is 30.0 Å². The molecule has 0 atom stereocenters. The number of rotatable bonds is 1. The molecule has 1 aliphatic carbocycles. The predicted molar refractivity (Wildman–Crippen MR) is 59.9 cm³/mol. The Balaban J connectivity index is 2.44. The molecule has 0 spiro atoms. The molecule has 78 valence electrons. The van der Waals surface area contributed by atoms with Crippen molar-refractivity contribution in [3.05, 3.63) is 40.6 Å². The summed E-state index contributed by atoms with van der Waals surface area (Å²) in [5, 5.41) is 10.3. The van der Waals surface area contributed by atoms with Gasteiger partial charge in [0.15, 0.2) is 5.78 Å². The van der Waals surface area contributed by atoms with Gasteiger partial charge < -0.3 is 5.11 Å². The van der Waals surface area contributed by atoms with Crippen LogP contribution < -0.4 is 0 Å². The number of ketones is 1. The molecule has 0 amide bonds. The van der Waals surface area contributed by atoms with Crippen LogP contribution in [0.1, 0.15) is 24.8 Å². The van der Waals surface area contributed by atoms with Crippen molar-refractivity contribution in [2.24, 2.45) is 0 Å². The first-order valence-electron chi connectivity index (χ1n) is 4.90. The minimum Gasteiger partial charge on any atom is -0.512 e. The fraction of sp³-hybridized carbons (Fsp3) is 0.250. The average molecular weight is 223 g/mol. The quantitative estimate of drug-likeness (QED) is 0.791. The summed E-state index contributed by atoms with van der Waals surface area (Å²) in [6, 6.07) is 6.96. The van der Waals surface area contributed by atoms with Crippen molar-refractivity contribution in [2.75, 3.05) is 0 Å². The van der Waals surface area contributed by atoms with Gasteiger partial charge >= 0.3 is 0 Å². The van der Waals surface area contributed by atoms with Gasteiger partial charge in [-0.1, -0.05) is 23.7 Å². The fourth-order valence-corrected chi connectivity index (χ4v) is 1.90. The summed E-state index contributed by atoms with van der Waals surface area (Å²) in [6.45, 7) is 0. The summed E-state index contributed by atoms with van der Waals surface area (Å²) in [5.74, 6) is 0.217. The van der Waals surface area contributed by atoms with Gasteiger partial charge in [-0.25, -0.2) is 0 Å². The van der Waals surface area contributed by atoms with Gasteiger partial charge in [-0.15, -0.1) is 0 Å². The molecular weight excluding hydrogens is 212 g/mol. The van der Waals surface area contributed by atoms with Crippen LogP contribution in [0.2, 0.25) is 5.02 Å². The first kappa shape index (κ1) is 10.2. The molecule has 0 heterocycles. The molecule has 0 bridgehead atoms. The molecule has 0 saturated carbocycles. The smallest absolute Gasteiger partial charge is 0.166 e. The van der Waals surface area contributed by atoms with E-state index < -0.39 is 0 Å². The number of carbonyl (C=O) groups excluding carboxylic acids is 1. The number of allylic oxidation sites excluding steroid dienone is 2. The van der Waals surface area contributed by atoms with Crippen molar-refractivity contribution in [3.63, 3.8) is 0 Å².